The molecule has 0 atom stereocenters. The first-order chi connectivity index (χ1) is 7.69. The quantitative estimate of drug-likeness (QED) is 0.463. The average Bonchev–Trinajstić information content (AvgIpc) is 2.13. The molecule has 0 spiro atoms. The number of nitrogens with zero attached hydrogens (tertiary/aromatic N) is 1. The Bertz CT molecular complexity index is 465. The fourth-order valence-electron chi connectivity index (χ4n) is 1.13. The zero-order valence-electron chi connectivity index (χ0n) is 9.69. The van der Waals surface area contributed by atoms with Gasteiger partial charge in [-0.15, -0.1) is 0 Å². The van der Waals surface area contributed by atoms with E-state index >= 15 is 0 Å². The van der Waals surface area contributed by atoms with Crippen molar-refractivity contribution in [1.82, 2.24) is 0 Å². The highest BCUT2D eigenvalue weighted by Gasteiger charge is 2.20. The van der Waals surface area contributed by atoms with Crippen LogP contribution in [0.1, 0.15) is 31.1 Å². The van der Waals surface area contributed by atoms with Crippen molar-refractivity contribution in [2.24, 2.45) is 0 Å². The van der Waals surface area contributed by atoms with Crippen molar-refractivity contribution in [2.45, 2.75) is 26.4 Å². The van der Waals surface area contributed by atoms with E-state index < -0.39 is 16.5 Å². The summed E-state index contributed by atoms with van der Waals surface area (Å²) in [5, 5.41) is 10.7. The van der Waals surface area contributed by atoms with Gasteiger partial charge in [0.2, 0.25) is 0 Å². The molecule has 0 aliphatic rings. The van der Waals surface area contributed by atoms with Crippen LogP contribution in [0.5, 0.6) is 0 Å². The van der Waals surface area contributed by atoms with Crippen LogP contribution in [0.3, 0.4) is 0 Å². The molecule has 0 bridgehead atoms. The van der Waals surface area contributed by atoms with Gasteiger partial charge < -0.3 is 4.74 Å². The highest BCUT2D eigenvalue weighted by molar-refractivity contribution is 6.31. The van der Waals surface area contributed by atoms with Crippen molar-refractivity contribution >= 4 is 23.3 Å². The second-order valence-electron chi connectivity index (χ2n) is 4.46. The van der Waals surface area contributed by atoms with Gasteiger partial charge in [-0.3, -0.25) is 10.1 Å². The number of rotatable bonds is 2. The largest absolute Gasteiger partial charge is 0.456 e. The SMILES string of the molecule is CC(C)(C)OC(=O)c1cc(Cl)cc([N+](=O)[O-])c1. The van der Waals surface area contributed by atoms with Crippen LogP contribution < -0.4 is 0 Å². The van der Waals surface area contributed by atoms with Crippen LogP contribution in [0.4, 0.5) is 5.69 Å². The summed E-state index contributed by atoms with van der Waals surface area (Å²) < 4.78 is 5.09. The second-order valence-corrected chi connectivity index (χ2v) is 4.89. The highest BCUT2D eigenvalue weighted by Crippen LogP contribution is 2.22. The molecule has 1 rings (SSSR count). The van der Waals surface area contributed by atoms with Crippen LogP contribution in [0.15, 0.2) is 18.2 Å². The maximum absolute atomic E-state index is 11.7. The summed E-state index contributed by atoms with van der Waals surface area (Å²) in [5.74, 6) is -0.636. The van der Waals surface area contributed by atoms with Crippen molar-refractivity contribution in [2.75, 3.05) is 0 Å². The molecule has 6 heteroatoms. The zero-order valence-corrected chi connectivity index (χ0v) is 10.4. The summed E-state index contributed by atoms with van der Waals surface area (Å²) in [6.45, 7) is 5.14. The molecule has 0 fully saturated rings. The van der Waals surface area contributed by atoms with Crippen molar-refractivity contribution < 1.29 is 14.5 Å². The number of esters is 1. The number of hydrogen-bond donors (Lipinski definition) is 0. The van der Waals surface area contributed by atoms with Gasteiger partial charge in [0.25, 0.3) is 5.69 Å². The third-order valence-electron chi connectivity index (χ3n) is 1.73. The van der Waals surface area contributed by atoms with Crippen LogP contribution in [0.2, 0.25) is 5.02 Å². The van der Waals surface area contributed by atoms with Gasteiger partial charge in [0, 0.05) is 17.2 Å². The fraction of sp³-hybridized carbons (Fsp3) is 0.364. The summed E-state index contributed by atoms with van der Waals surface area (Å²) in [4.78, 5) is 21.7. The Kier molecular flexibility index (Phi) is 3.72. The van der Waals surface area contributed by atoms with Crippen LogP contribution in [0.25, 0.3) is 0 Å². The van der Waals surface area contributed by atoms with E-state index in [9.17, 15) is 14.9 Å². The Labute approximate surface area is 103 Å². The van der Waals surface area contributed by atoms with Gasteiger partial charge in [0.1, 0.15) is 5.60 Å². The van der Waals surface area contributed by atoms with Gasteiger partial charge in [0.15, 0.2) is 0 Å². The number of non-ortho nitro benzene ring substituents is 1. The molecule has 0 heterocycles. The van der Waals surface area contributed by atoms with E-state index in [1.54, 1.807) is 20.8 Å². The number of hydrogen-bond acceptors (Lipinski definition) is 4. The molecule has 0 saturated heterocycles. The zero-order chi connectivity index (χ0) is 13.2. The summed E-state index contributed by atoms with van der Waals surface area (Å²) in [6, 6.07) is 3.65. The third-order valence-corrected chi connectivity index (χ3v) is 1.95. The van der Waals surface area contributed by atoms with E-state index in [1.165, 1.54) is 12.1 Å². The maximum Gasteiger partial charge on any atom is 0.338 e. The molecule has 1 aromatic carbocycles. The lowest BCUT2D eigenvalue weighted by Gasteiger charge is -2.19. The minimum Gasteiger partial charge on any atom is -0.456 e. The first-order valence-electron chi connectivity index (χ1n) is 4.87. The minimum absolute atomic E-state index is 0.0686. The number of carbonyl (C=O) groups excluding carboxylic acids is 1. The van der Waals surface area contributed by atoms with Crippen LogP contribution in [-0.2, 0) is 4.74 Å². The maximum atomic E-state index is 11.7. The Hall–Kier alpha value is -1.62. The first kappa shape index (κ1) is 13.4. The molecule has 0 amide bonds. The molecule has 5 nitrogen and oxygen atoms in total. The molecule has 0 radical (unpaired) electrons. The van der Waals surface area contributed by atoms with Crippen LogP contribution in [-0.4, -0.2) is 16.5 Å². The third kappa shape index (κ3) is 4.03. The fourth-order valence-corrected chi connectivity index (χ4v) is 1.36. The van der Waals surface area contributed by atoms with E-state index in [4.69, 9.17) is 16.3 Å². The van der Waals surface area contributed by atoms with Gasteiger partial charge in [0.05, 0.1) is 10.5 Å². The Balaban J connectivity index is 3.06. The lowest BCUT2D eigenvalue weighted by molar-refractivity contribution is -0.384. The van der Waals surface area contributed by atoms with Gasteiger partial charge in [-0.2, -0.15) is 0 Å². The van der Waals surface area contributed by atoms with E-state index in [1.807, 2.05) is 0 Å². The molecule has 0 unspecified atom stereocenters. The number of nitro benzene ring substituents is 1. The summed E-state index contributed by atoms with van der Waals surface area (Å²) in [7, 11) is 0. The van der Waals surface area contributed by atoms with Gasteiger partial charge in [-0.25, -0.2) is 4.79 Å². The summed E-state index contributed by atoms with van der Waals surface area (Å²) in [6.07, 6.45) is 0. The van der Waals surface area contributed by atoms with Gasteiger partial charge >= 0.3 is 5.97 Å². The molecule has 0 N–H and O–H groups in total. The van der Waals surface area contributed by atoms with E-state index in [2.05, 4.69) is 0 Å². The van der Waals surface area contributed by atoms with E-state index in [0.717, 1.165) is 6.07 Å². The number of carbonyl (C=O) groups is 1. The molecule has 0 aromatic heterocycles. The average molecular weight is 258 g/mol. The molecule has 1 aromatic rings. The molecular formula is C11H12ClNO4. The van der Waals surface area contributed by atoms with Crippen molar-refractivity contribution in [3.63, 3.8) is 0 Å². The predicted molar refractivity (Wildman–Crippen MR) is 63.3 cm³/mol. The van der Waals surface area contributed by atoms with Crippen molar-refractivity contribution in [3.05, 3.63) is 38.9 Å². The number of halogens is 1. The Morgan fingerprint density at radius 1 is 1.35 bits per heavy atom. The highest BCUT2D eigenvalue weighted by atomic mass is 35.5. The first-order valence-corrected chi connectivity index (χ1v) is 5.25. The second kappa shape index (κ2) is 4.71. The van der Waals surface area contributed by atoms with Crippen molar-refractivity contribution in [1.29, 1.82) is 0 Å². The lowest BCUT2D eigenvalue weighted by Crippen LogP contribution is -2.23. The molecule has 92 valence electrons. The van der Waals surface area contributed by atoms with E-state index in [0.29, 0.717) is 0 Å². The smallest absolute Gasteiger partial charge is 0.338 e. The van der Waals surface area contributed by atoms with Crippen LogP contribution >= 0.6 is 11.6 Å². The molecular weight excluding hydrogens is 246 g/mol. The summed E-state index contributed by atoms with van der Waals surface area (Å²) in [5.41, 5.74) is -0.828. The summed E-state index contributed by atoms with van der Waals surface area (Å²) >= 11 is 5.70. The molecule has 0 saturated carbocycles. The Morgan fingerprint density at radius 3 is 2.41 bits per heavy atom. The normalized spacial score (nSPS) is 11.1. The standard InChI is InChI=1S/C11H12ClNO4/c1-11(2,3)17-10(14)7-4-8(12)6-9(5-7)13(15)16/h4-6H,1-3H3. The number of nitro groups is 1. The molecule has 0 aliphatic carbocycles. The monoisotopic (exact) mass is 257 g/mol. The topological polar surface area (TPSA) is 69.4 Å². The number of ether oxygens (including phenoxy) is 1. The minimum atomic E-state index is -0.659. The Morgan fingerprint density at radius 2 is 1.94 bits per heavy atom. The predicted octanol–water partition coefficient (Wildman–Crippen LogP) is 3.20. The molecule has 0 aliphatic heterocycles. The molecule has 17 heavy (non-hydrogen) atoms. The van der Waals surface area contributed by atoms with E-state index in [-0.39, 0.29) is 16.3 Å². The van der Waals surface area contributed by atoms with Gasteiger partial charge in [-0.1, -0.05) is 11.6 Å². The lowest BCUT2D eigenvalue weighted by atomic mass is 10.1. The van der Waals surface area contributed by atoms with Gasteiger partial charge in [-0.05, 0) is 26.8 Å². The van der Waals surface area contributed by atoms with Crippen molar-refractivity contribution in [3.8, 4) is 0 Å². The number of benzene rings is 1. The van der Waals surface area contributed by atoms with Crippen LogP contribution in [0, 0.1) is 10.1 Å².